The van der Waals surface area contributed by atoms with Gasteiger partial charge in [0.2, 0.25) is 0 Å². The molecular weight excluding hydrogens is 338 g/mol. The Labute approximate surface area is 162 Å². The highest BCUT2D eigenvalue weighted by atomic mass is 16.3. The Balaban J connectivity index is 1.89. The Hall–Kier alpha value is -1.98. The van der Waals surface area contributed by atoms with E-state index < -0.39 is 5.60 Å². The lowest BCUT2D eigenvalue weighted by Crippen LogP contribution is -2.41. The van der Waals surface area contributed by atoms with Crippen molar-refractivity contribution in [2.75, 3.05) is 33.7 Å². The normalized spacial score (nSPS) is 20.9. The maximum absolute atomic E-state index is 13.4. The minimum absolute atomic E-state index is 0.0489. The number of pyridine rings is 1. The molecule has 1 unspecified atom stereocenters. The Bertz CT molecular complexity index is 834. The molecule has 146 valence electrons. The predicted octanol–water partition coefficient (Wildman–Crippen LogP) is 3.02. The molecule has 2 heterocycles. The molecule has 5 heteroatoms. The van der Waals surface area contributed by atoms with Gasteiger partial charge in [0.1, 0.15) is 0 Å². The number of aliphatic hydroxyl groups is 1. The van der Waals surface area contributed by atoms with Gasteiger partial charge in [0, 0.05) is 30.7 Å². The summed E-state index contributed by atoms with van der Waals surface area (Å²) in [6.07, 6.45) is 3.08. The number of likely N-dealkylation sites (tertiary alicyclic amines) is 1. The first-order chi connectivity index (χ1) is 12.8. The summed E-state index contributed by atoms with van der Waals surface area (Å²) in [6.45, 7) is 5.95. The molecule has 2 aromatic rings. The summed E-state index contributed by atoms with van der Waals surface area (Å²) in [6, 6.07) is 8.09. The number of amides is 1. The number of likely N-dealkylation sites (N-methyl/N-ethyl adjacent to an activating group) is 1. The molecule has 3 rings (SSSR count). The number of hydrogen-bond donors (Lipinski definition) is 1. The maximum Gasteiger partial charge on any atom is 0.254 e. The summed E-state index contributed by atoms with van der Waals surface area (Å²) < 4.78 is 0. The van der Waals surface area contributed by atoms with E-state index in [1.807, 2.05) is 43.0 Å². The van der Waals surface area contributed by atoms with Gasteiger partial charge in [-0.25, -0.2) is 0 Å². The van der Waals surface area contributed by atoms with E-state index in [9.17, 15) is 9.90 Å². The van der Waals surface area contributed by atoms with E-state index in [2.05, 4.69) is 24.0 Å². The summed E-state index contributed by atoms with van der Waals surface area (Å²) in [5, 5.41) is 11.8. The van der Waals surface area contributed by atoms with E-state index in [0.29, 0.717) is 26.1 Å². The molecule has 1 fully saturated rings. The largest absolute Gasteiger partial charge is 0.388 e. The molecule has 1 saturated heterocycles. The first-order valence-electron chi connectivity index (χ1n) is 9.88. The van der Waals surface area contributed by atoms with E-state index in [1.165, 1.54) is 5.56 Å². The molecule has 1 amide bonds. The number of rotatable bonds is 4. The summed E-state index contributed by atoms with van der Waals surface area (Å²) in [5.74, 6) is 0.0489. The van der Waals surface area contributed by atoms with E-state index in [1.54, 1.807) is 0 Å². The number of hydrogen-bond acceptors (Lipinski definition) is 4. The molecule has 1 aliphatic heterocycles. The molecular formula is C22H31N3O2. The minimum atomic E-state index is -0.718. The van der Waals surface area contributed by atoms with Crippen LogP contribution in [0, 0.1) is 6.92 Å². The van der Waals surface area contributed by atoms with Crippen molar-refractivity contribution in [1.82, 2.24) is 14.8 Å². The van der Waals surface area contributed by atoms with Crippen LogP contribution in [0.15, 0.2) is 24.3 Å². The van der Waals surface area contributed by atoms with Crippen molar-refractivity contribution in [3.05, 3.63) is 41.1 Å². The second kappa shape index (κ2) is 7.95. The molecule has 5 nitrogen and oxygen atoms in total. The van der Waals surface area contributed by atoms with Crippen molar-refractivity contribution in [3.63, 3.8) is 0 Å². The SMILES string of the molecule is CCc1ccc2nc(C)cc(C(=O)N3CCCC(O)(CN(C)C)CC3)c2c1. The van der Waals surface area contributed by atoms with E-state index in [-0.39, 0.29) is 5.91 Å². The fourth-order valence-electron chi connectivity index (χ4n) is 4.10. The van der Waals surface area contributed by atoms with Gasteiger partial charge in [-0.2, -0.15) is 0 Å². The van der Waals surface area contributed by atoms with E-state index in [0.717, 1.165) is 41.4 Å². The second-order valence-corrected chi connectivity index (χ2v) is 8.12. The van der Waals surface area contributed by atoms with Crippen molar-refractivity contribution in [1.29, 1.82) is 0 Å². The molecule has 1 N–H and O–H groups in total. The molecule has 27 heavy (non-hydrogen) atoms. The average Bonchev–Trinajstić information content (AvgIpc) is 2.81. The Morgan fingerprint density at radius 2 is 2.04 bits per heavy atom. The Morgan fingerprint density at radius 3 is 2.74 bits per heavy atom. The van der Waals surface area contributed by atoms with E-state index in [4.69, 9.17) is 0 Å². The van der Waals surface area contributed by atoms with Gasteiger partial charge in [-0.1, -0.05) is 13.0 Å². The highest BCUT2D eigenvalue weighted by Crippen LogP contribution is 2.26. The van der Waals surface area contributed by atoms with Crippen LogP contribution >= 0.6 is 0 Å². The van der Waals surface area contributed by atoms with Gasteiger partial charge >= 0.3 is 0 Å². The van der Waals surface area contributed by atoms with Crippen LogP contribution in [0.2, 0.25) is 0 Å². The van der Waals surface area contributed by atoms with Crippen LogP contribution in [0.5, 0.6) is 0 Å². The highest BCUT2D eigenvalue weighted by Gasteiger charge is 2.32. The minimum Gasteiger partial charge on any atom is -0.388 e. The van der Waals surface area contributed by atoms with Crippen LogP contribution in [0.25, 0.3) is 10.9 Å². The lowest BCUT2D eigenvalue weighted by molar-refractivity contribution is 0.00305. The summed E-state index contributed by atoms with van der Waals surface area (Å²) in [5.41, 5.74) is 2.94. The van der Waals surface area contributed by atoms with Crippen molar-refractivity contribution in [2.24, 2.45) is 0 Å². The lowest BCUT2D eigenvalue weighted by atomic mass is 9.94. The van der Waals surface area contributed by atoms with Crippen molar-refractivity contribution >= 4 is 16.8 Å². The van der Waals surface area contributed by atoms with Crippen LogP contribution in [-0.2, 0) is 6.42 Å². The Morgan fingerprint density at radius 1 is 1.26 bits per heavy atom. The zero-order chi connectivity index (χ0) is 19.6. The highest BCUT2D eigenvalue weighted by molar-refractivity contribution is 6.06. The van der Waals surface area contributed by atoms with Gasteiger partial charge in [-0.15, -0.1) is 0 Å². The average molecular weight is 370 g/mol. The molecule has 1 aromatic carbocycles. The number of nitrogens with zero attached hydrogens (tertiary/aromatic N) is 3. The molecule has 0 spiro atoms. The number of aryl methyl sites for hydroxylation is 2. The predicted molar refractivity (Wildman–Crippen MR) is 109 cm³/mol. The van der Waals surface area contributed by atoms with Gasteiger partial charge in [0.15, 0.2) is 0 Å². The van der Waals surface area contributed by atoms with Crippen molar-refractivity contribution in [3.8, 4) is 0 Å². The second-order valence-electron chi connectivity index (χ2n) is 8.12. The zero-order valence-electron chi connectivity index (χ0n) is 17.0. The number of fused-ring (bicyclic) bond motifs is 1. The first-order valence-corrected chi connectivity index (χ1v) is 9.88. The van der Waals surface area contributed by atoms with Crippen molar-refractivity contribution < 1.29 is 9.90 Å². The van der Waals surface area contributed by atoms with E-state index >= 15 is 0 Å². The van der Waals surface area contributed by atoms with Crippen LogP contribution in [-0.4, -0.2) is 65.1 Å². The molecule has 0 aliphatic carbocycles. The monoisotopic (exact) mass is 369 g/mol. The molecule has 0 radical (unpaired) electrons. The van der Waals surface area contributed by atoms with Crippen molar-refractivity contribution in [2.45, 2.75) is 45.1 Å². The van der Waals surface area contributed by atoms with Gasteiger partial charge in [0.05, 0.1) is 16.7 Å². The topological polar surface area (TPSA) is 56.7 Å². The third-order valence-corrected chi connectivity index (χ3v) is 5.45. The number of benzene rings is 1. The number of carbonyl (C=O) groups excluding carboxylic acids is 1. The number of aromatic nitrogens is 1. The van der Waals surface area contributed by atoms with Crippen LogP contribution in [0.3, 0.4) is 0 Å². The first kappa shape index (κ1) is 19.8. The molecule has 1 atom stereocenters. The third-order valence-electron chi connectivity index (χ3n) is 5.45. The molecule has 1 aromatic heterocycles. The van der Waals surface area contributed by atoms with Crippen LogP contribution < -0.4 is 0 Å². The fourth-order valence-corrected chi connectivity index (χ4v) is 4.10. The maximum atomic E-state index is 13.4. The lowest BCUT2D eigenvalue weighted by Gasteiger charge is -2.30. The summed E-state index contributed by atoms with van der Waals surface area (Å²) in [7, 11) is 3.95. The van der Waals surface area contributed by atoms with Gasteiger partial charge in [-0.05, 0) is 70.5 Å². The molecule has 0 bridgehead atoms. The standard InChI is InChI=1S/C22H31N3O2/c1-5-17-7-8-20-18(14-17)19(13-16(2)23-20)21(26)25-11-6-9-22(27,10-12-25)15-24(3)4/h7-8,13-14,27H,5-6,9-12,15H2,1-4H3. The Kier molecular flexibility index (Phi) is 5.82. The van der Waals surface area contributed by atoms with Gasteiger partial charge < -0.3 is 14.9 Å². The van der Waals surface area contributed by atoms with Gasteiger partial charge in [0.25, 0.3) is 5.91 Å². The zero-order valence-corrected chi connectivity index (χ0v) is 17.0. The summed E-state index contributed by atoms with van der Waals surface area (Å²) >= 11 is 0. The van der Waals surface area contributed by atoms with Crippen LogP contribution in [0.1, 0.15) is 47.8 Å². The summed E-state index contributed by atoms with van der Waals surface area (Å²) in [4.78, 5) is 21.9. The van der Waals surface area contributed by atoms with Crippen LogP contribution in [0.4, 0.5) is 0 Å². The smallest absolute Gasteiger partial charge is 0.254 e. The molecule has 0 saturated carbocycles. The quantitative estimate of drug-likeness (QED) is 0.900. The molecule has 1 aliphatic rings. The third kappa shape index (κ3) is 4.47. The fraction of sp³-hybridized carbons (Fsp3) is 0.545. The van der Waals surface area contributed by atoms with Gasteiger partial charge in [-0.3, -0.25) is 9.78 Å². The number of carbonyl (C=O) groups is 1.